The predicted octanol–water partition coefficient (Wildman–Crippen LogP) is 3.76. The van der Waals surface area contributed by atoms with Crippen LogP contribution in [0.15, 0.2) is 41.9 Å². The Labute approximate surface area is 124 Å². The minimum atomic E-state index is -0.435. The zero-order valence-corrected chi connectivity index (χ0v) is 11.7. The molecule has 0 aliphatic rings. The number of aromatic amines is 1. The van der Waals surface area contributed by atoms with Crippen molar-refractivity contribution in [1.29, 1.82) is 5.26 Å². The number of benzene rings is 1. The number of nitriles is 1. The highest BCUT2D eigenvalue weighted by Crippen LogP contribution is 2.26. The number of nitrogens with zero attached hydrogens (tertiary/aromatic N) is 2. The molecule has 1 aromatic carbocycles. The summed E-state index contributed by atoms with van der Waals surface area (Å²) in [6, 6.07) is 10.3. The number of rotatable bonds is 4. The van der Waals surface area contributed by atoms with Gasteiger partial charge in [0.25, 0.3) is 0 Å². The number of thiophene rings is 1. The Kier molecular flexibility index (Phi) is 3.67. The summed E-state index contributed by atoms with van der Waals surface area (Å²) >= 11 is 1.62. The first-order chi connectivity index (χ1) is 10.3. The fourth-order valence-corrected chi connectivity index (χ4v) is 2.75. The Morgan fingerprint density at radius 3 is 3.00 bits per heavy atom. The quantitative estimate of drug-likeness (QED) is 0.770. The van der Waals surface area contributed by atoms with Gasteiger partial charge in [-0.05, 0) is 29.6 Å². The molecule has 2 heterocycles. The Balaban J connectivity index is 1.77. The van der Waals surface area contributed by atoms with E-state index in [0.717, 1.165) is 16.1 Å². The standard InChI is InChI=1S/C15H11FN4S/c16-12-6-10(7-17)3-4-13(12)18-8-11-9-19-20-15(11)14-2-1-5-21-14/h1-6,9,18H,8H2,(H,19,20). The summed E-state index contributed by atoms with van der Waals surface area (Å²) in [5.41, 5.74) is 2.57. The second-order valence-corrected chi connectivity index (χ2v) is 5.36. The third-order valence-corrected chi connectivity index (χ3v) is 3.94. The lowest BCUT2D eigenvalue weighted by molar-refractivity contribution is 0.629. The fraction of sp³-hybridized carbons (Fsp3) is 0.0667. The van der Waals surface area contributed by atoms with Crippen LogP contribution in [0.4, 0.5) is 10.1 Å². The van der Waals surface area contributed by atoms with Gasteiger partial charge < -0.3 is 5.32 Å². The molecule has 0 fully saturated rings. The van der Waals surface area contributed by atoms with Gasteiger partial charge in [-0.15, -0.1) is 11.3 Å². The maximum atomic E-state index is 13.8. The van der Waals surface area contributed by atoms with Gasteiger partial charge in [-0.25, -0.2) is 4.39 Å². The van der Waals surface area contributed by atoms with Crippen LogP contribution in [0.1, 0.15) is 11.1 Å². The third kappa shape index (κ3) is 2.78. The average molecular weight is 298 g/mol. The smallest absolute Gasteiger partial charge is 0.147 e. The predicted molar refractivity (Wildman–Crippen MR) is 80.3 cm³/mol. The minimum Gasteiger partial charge on any atom is -0.378 e. The van der Waals surface area contributed by atoms with Crippen molar-refractivity contribution in [3.63, 3.8) is 0 Å². The largest absolute Gasteiger partial charge is 0.378 e. The molecule has 2 aromatic heterocycles. The molecule has 0 saturated carbocycles. The first-order valence-corrected chi connectivity index (χ1v) is 7.15. The van der Waals surface area contributed by atoms with Crippen LogP contribution in [-0.2, 0) is 6.54 Å². The van der Waals surface area contributed by atoms with Gasteiger partial charge in [-0.3, -0.25) is 5.10 Å². The Morgan fingerprint density at radius 2 is 2.29 bits per heavy atom. The molecule has 104 valence electrons. The molecule has 0 amide bonds. The van der Waals surface area contributed by atoms with Crippen molar-refractivity contribution >= 4 is 17.0 Å². The number of hydrogen-bond acceptors (Lipinski definition) is 4. The molecular formula is C15H11FN4S. The van der Waals surface area contributed by atoms with E-state index in [0.29, 0.717) is 17.8 Å². The molecule has 0 radical (unpaired) electrons. The van der Waals surface area contributed by atoms with E-state index in [1.807, 2.05) is 23.6 Å². The van der Waals surface area contributed by atoms with E-state index in [4.69, 9.17) is 5.26 Å². The molecule has 3 rings (SSSR count). The van der Waals surface area contributed by atoms with Gasteiger partial charge in [-0.1, -0.05) is 6.07 Å². The van der Waals surface area contributed by atoms with Gasteiger partial charge >= 0.3 is 0 Å². The minimum absolute atomic E-state index is 0.306. The molecule has 6 heteroatoms. The highest BCUT2D eigenvalue weighted by molar-refractivity contribution is 7.13. The zero-order valence-electron chi connectivity index (χ0n) is 10.9. The monoisotopic (exact) mass is 298 g/mol. The Hall–Kier alpha value is -2.65. The molecule has 2 N–H and O–H groups in total. The normalized spacial score (nSPS) is 10.3. The molecule has 21 heavy (non-hydrogen) atoms. The lowest BCUT2D eigenvalue weighted by atomic mass is 10.2. The number of halogens is 1. The number of anilines is 1. The molecule has 0 saturated heterocycles. The molecule has 0 unspecified atom stereocenters. The Bertz CT molecular complexity index is 786. The lowest BCUT2D eigenvalue weighted by Gasteiger charge is -2.07. The highest BCUT2D eigenvalue weighted by Gasteiger charge is 2.09. The maximum Gasteiger partial charge on any atom is 0.147 e. The average Bonchev–Trinajstić information content (AvgIpc) is 3.16. The number of aromatic nitrogens is 2. The van der Waals surface area contributed by atoms with Crippen LogP contribution in [0.5, 0.6) is 0 Å². The van der Waals surface area contributed by atoms with Crippen LogP contribution >= 0.6 is 11.3 Å². The van der Waals surface area contributed by atoms with Gasteiger partial charge in [0, 0.05) is 12.1 Å². The van der Waals surface area contributed by atoms with Gasteiger partial charge in [0.15, 0.2) is 0 Å². The molecule has 0 aliphatic heterocycles. The number of nitrogens with one attached hydrogen (secondary N) is 2. The molecule has 0 spiro atoms. The first-order valence-electron chi connectivity index (χ1n) is 6.27. The van der Waals surface area contributed by atoms with E-state index in [9.17, 15) is 4.39 Å². The second kappa shape index (κ2) is 5.77. The topological polar surface area (TPSA) is 64.5 Å². The molecule has 0 bridgehead atoms. The summed E-state index contributed by atoms with van der Waals surface area (Å²) < 4.78 is 13.8. The van der Waals surface area contributed by atoms with E-state index >= 15 is 0 Å². The summed E-state index contributed by atoms with van der Waals surface area (Å²) in [7, 11) is 0. The van der Waals surface area contributed by atoms with Crippen molar-refractivity contribution < 1.29 is 4.39 Å². The summed E-state index contributed by atoms with van der Waals surface area (Å²) in [6.45, 7) is 0.451. The molecular weight excluding hydrogens is 287 g/mol. The zero-order chi connectivity index (χ0) is 14.7. The second-order valence-electron chi connectivity index (χ2n) is 4.41. The van der Waals surface area contributed by atoms with Gasteiger partial charge in [0.1, 0.15) is 5.82 Å². The summed E-state index contributed by atoms with van der Waals surface area (Å²) in [6.07, 6.45) is 1.73. The van der Waals surface area contributed by atoms with Crippen LogP contribution in [0, 0.1) is 17.1 Å². The Morgan fingerprint density at radius 1 is 1.38 bits per heavy atom. The van der Waals surface area contributed by atoms with Crippen LogP contribution in [0.25, 0.3) is 10.6 Å². The SMILES string of the molecule is N#Cc1ccc(NCc2cn[nH]c2-c2cccs2)c(F)c1. The molecule has 0 atom stereocenters. The van der Waals surface area contributed by atoms with Crippen molar-refractivity contribution in [1.82, 2.24) is 10.2 Å². The number of hydrogen-bond donors (Lipinski definition) is 2. The van der Waals surface area contributed by atoms with Crippen molar-refractivity contribution in [2.24, 2.45) is 0 Å². The fourth-order valence-electron chi connectivity index (χ4n) is 2.00. The van der Waals surface area contributed by atoms with Gasteiger partial charge in [-0.2, -0.15) is 10.4 Å². The lowest BCUT2D eigenvalue weighted by Crippen LogP contribution is -2.02. The van der Waals surface area contributed by atoms with E-state index in [1.54, 1.807) is 29.7 Å². The van der Waals surface area contributed by atoms with Crippen LogP contribution in [-0.4, -0.2) is 10.2 Å². The van der Waals surface area contributed by atoms with Crippen LogP contribution in [0.3, 0.4) is 0 Å². The third-order valence-electron chi connectivity index (χ3n) is 3.05. The van der Waals surface area contributed by atoms with Crippen LogP contribution < -0.4 is 5.32 Å². The van der Waals surface area contributed by atoms with Crippen molar-refractivity contribution in [2.75, 3.05) is 5.32 Å². The maximum absolute atomic E-state index is 13.8. The summed E-state index contributed by atoms with van der Waals surface area (Å²) in [4.78, 5) is 1.09. The molecule has 4 nitrogen and oxygen atoms in total. The van der Waals surface area contributed by atoms with E-state index in [2.05, 4.69) is 15.5 Å². The van der Waals surface area contributed by atoms with E-state index in [1.165, 1.54) is 6.07 Å². The van der Waals surface area contributed by atoms with Gasteiger partial charge in [0.2, 0.25) is 0 Å². The van der Waals surface area contributed by atoms with Crippen LogP contribution in [0.2, 0.25) is 0 Å². The summed E-state index contributed by atoms with van der Waals surface area (Å²) in [5.74, 6) is -0.435. The number of H-pyrrole nitrogens is 1. The first kappa shape index (κ1) is 13.3. The highest BCUT2D eigenvalue weighted by atomic mass is 32.1. The van der Waals surface area contributed by atoms with Crippen molar-refractivity contribution in [3.05, 3.63) is 58.9 Å². The molecule has 0 aliphatic carbocycles. The van der Waals surface area contributed by atoms with Crippen molar-refractivity contribution in [3.8, 4) is 16.6 Å². The van der Waals surface area contributed by atoms with E-state index in [-0.39, 0.29) is 0 Å². The van der Waals surface area contributed by atoms with Gasteiger partial charge in [0.05, 0.1) is 34.1 Å². The van der Waals surface area contributed by atoms with Crippen molar-refractivity contribution in [2.45, 2.75) is 6.54 Å². The summed E-state index contributed by atoms with van der Waals surface area (Å²) in [5, 5.41) is 20.8. The van der Waals surface area contributed by atoms with E-state index < -0.39 is 5.82 Å². The molecule has 3 aromatic rings.